The maximum absolute atomic E-state index is 13.9. The molecule has 0 unspecified atom stereocenters. The molecule has 0 aromatic heterocycles. The molecule has 0 bridgehead atoms. The maximum Gasteiger partial charge on any atom is 0.162 e. The second-order valence-corrected chi connectivity index (χ2v) is 5.92. The summed E-state index contributed by atoms with van der Waals surface area (Å²) in [4.78, 5) is 0. The van der Waals surface area contributed by atoms with E-state index in [1.165, 1.54) is 6.07 Å². The van der Waals surface area contributed by atoms with Crippen LogP contribution in [0.5, 0.6) is 0 Å². The standard InChI is InChI=1S/C16H13Cl3F2/c17-9-16(10-18,12-4-6-13(19)7-5-12)8-11-2-1-3-14(20)15(11)21/h1-7H,8-10H2. The molecule has 0 aliphatic heterocycles. The van der Waals surface area contributed by atoms with E-state index in [1.54, 1.807) is 18.2 Å². The summed E-state index contributed by atoms with van der Waals surface area (Å²) >= 11 is 18.1. The van der Waals surface area contributed by atoms with E-state index in [0.29, 0.717) is 5.02 Å². The summed E-state index contributed by atoms with van der Waals surface area (Å²) in [6, 6.07) is 11.2. The minimum Gasteiger partial charge on any atom is -0.204 e. The van der Waals surface area contributed by atoms with Crippen molar-refractivity contribution < 1.29 is 8.78 Å². The first kappa shape index (κ1) is 16.5. The molecule has 0 aliphatic carbocycles. The summed E-state index contributed by atoms with van der Waals surface area (Å²) in [5.41, 5.74) is 0.425. The molecule has 2 aromatic carbocycles. The van der Waals surface area contributed by atoms with Gasteiger partial charge < -0.3 is 0 Å². The Morgan fingerprint density at radius 2 is 1.52 bits per heavy atom. The zero-order valence-electron chi connectivity index (χ0n) is 11.1. The van der Waals surface area contributed by atoms with E-state index >= 15 is 0 Å². The Morgan fingerprint density at radius 3 is 2.10 bits per heavy atom. The van der Waals surface area contributed by atoms with Gasteiger partial charge >= 0.3 is 0 Å². The third kappa shape index (κ3) is 3.50. The van der Waals surface area contributed by atoms with Gasteiger partial charge in [0.2, 0.25) is 0 Å². The van der Waals surface area contributed by atoms with Crippen molar-refractivity contribution in [1.82, 2.24) is 0 Å². The van der Waals surface area contributed by atoms with Gasteiger partial charge in [0.25, 0.3) is 0 Å². The monoisotopic (exact) mass is 348 g/mol. The van der Waals surface area contributed by atoms with E-state index < -0.39 is 17.0 Å². The van der Waals surface area contributed by atoms with Crippen LogP contribution in [0, 0.1) is 11.6 Å². The molecule has 0 saturated heterocycles. The molecule has 0 nitrogen and oxygen atoms in total. The van der Waals surface area contributed by atoms with Gasteiger partial charge in [0.1, 0.15) is 0 Å². The predicted octanol–water partition coefficient (Wildman–Crippen LogP) is 5.58. The van der Waals surface area contributed by atoms with Gasteiger partial charge in [0.05, 0.1) is 0 Å². The van der Waals surface area contributed by atoms with Crippen LogP contribution in [0.3, 0.4) is 0 Å². The Hall–Kier alpha value is -0.830. The predicted molar refractivity (Wildman–Crippen MR) is 84.6 cm³/mol. The first-order chi connectivity index (χ1) is 10.0. The van der Waals surface area contributed by atoms with Crippen molar-refractivity contribution in [2.75, 3.05) is 11.8 Å². The fourth-order valence-corrected chi connectivity index (χ4v) is 3.15. The van der Waals surface area contributed by atoms with E-state index in [-0.39, 0.29) is 23.7 Å². The molecule has 0 saturated carbocycles. The summed E-state index contributed by atoms with van der Waals surface area (Å²) in [7, 11) is 0. The van der Waals surface area contributed by atoms with Gasteiger partial charge in [-0.3, -0.25) is 0 Å². The molecule has 0 N–H and O–H groups in total. The van der Waals surface area contributed by atoms with E-state index in [9.17, 15) is 8.78 Å². The van der Waals surface area contributed by atoms with Crippen LogP contribution in [-0.4, -0.2) is 11.8 Å². The highest BCUT2D eigenvalue weighted by atomic mass is 35.5. The summed E-state index contributed by atoms with van der Waals surface area (Å²) in [5, 5.41) is 0.591. The van der Waals surface area contributed by atoms with Crippen LogP contribution in [0.2, 0.25) is 5.02 Å². The number of hydrogen-bond acceptors (Lipinski definition) is 0. The lowest BCUT2D eigenvalue weighted by Crippen LogP contribution is -2.33. The first-order valence-electron chi connectivity index (χ1n) is 6.33. The number of benzene rings is 2. The number of halogens is 5. The van der Waals surface area contributed by atoms with Crippen molar-refractivity contribution in [2.24, 2.45) is 0 Å². The van der Waals surface area contributed by atoms with Crippen molar-refractivity contribution in [2.45, 2.75) is 11.8 Å². The van der Waals surface area contributed by atoms with Crippen LogP contribution in [0.1, 0.15) is 11.1 Å². The summed E-state index contributed by atoms with van der Waals surface area (Å²) < 4.78 is 27.3. The van der Waals surface area contributed by atoms with E-state index in [2.05, 4.69) is 0 Å². The highest BCUT2D eigenvalue weighted by molar-refractivity contribution is 6.30. The van der Waals surface area contributed by atoms with Crippen LogP contribution in [-0.2, 0) is 11.8 Å². The summed E-state index contributed by atoms with van der Waals surface area (Å²) in [6.45, 7) is 0. The van der Waals surface area contributed by atoms with E-state index in [4.69, 9.17) is 34.8 Å². The third-order valence-corrected chi connectivity index (χ3v) is 4.80. The fourth-order valence-electron chi connectivity index (χ4n) is 2.24. The first-order valence-corrected chi connectivity index (χ1v) is 7.78. The smallest absolute Gasteiger partial charge is 0.162 e. The molecule has 2 aromatic rings. The van der Waals surface area contributed by atoms with Gasteiger partial charge in [-0.1, -0.05) is 35.9 Å². The van der Waals surface area contributed by atoms with E-state index in [0.717, 1.165) is 11.6 Å². The van der Waals surface area contributed by atoms with Gasteiger partial charge in [-0.15, -0.1) is 23.2 Å². The Labute approximate surface area is 137 Å². The molecule has 112 valence electrons. The van der Waals surface area contributed by atoms with Crippen molar-refractivity contribution >= 4 is 34.8 Å². The lowest BCUT2D eigenvalue weighted by atomic mass is 9.78. The minimum atomic E-state index is -0.873. The second-order valence-electron chi connectivity index (χ2n) is 4.94. The van der Waals surface area contributed by atoms with Crippen molar-refractivity contribution in [3.05, 3.63) is 70.2 Å². The topological polar surface area (TPSA) is 0 Å². The highest BCUT2D eigenvalue weighted by Gasteiger charge is 2.32. The van der Waals surface area contributed by atoms with Gasteiger partial charge in [0, 0.05) is 22.2 Å². The lowest BCUT2D eigenvalue weighted by molar-refractivity contribution is 0.472. The number of alkyl halides is 2. The molecule has 21 heavy (non-hydrogen) atoms. The van der Waals surface area contributed by atoms with Crippen molar-refractivity contribution in [1.29, 1.82) is 0 Å². The molecule has 5 heteroatoms. The normalized spacial score (nSPS) is 11.7. The van der Waals surface area contributed by atoms with Gasteiger partial charge in [-0.25, -0.2) is 8.78 Å². The van der Waals surface area contributed by atoms with Gasteiger partial charge in [-0.05, 0) is 35.7 Å². The Bertz CT molecular complexity index is 607. The van der Waals surface area contributed by atoms with Crippen molar-refractivity contribution in [3.63, 3.8) is 0 Å². The largest absolute Gasteiger partial charge is 0.204 e. The average molecular weight is 350 g/mol. The lowest BCUT2D eigenvalue weighted by Gasteiger charge is -2.30. The number of hydrogen-bond donors (Lipinski definition) is 0. The summed E-state index contributed by atoms with van der Waals surface area (Å²) in [5.74, 6) is -1.35. The van der Waals surface area contributed by atoms with Crippen LogP contribution >= 0.6 is 34.8 Å². The minimum absolute atomic E-state index is 0.189. The highest BCUT2D eigenvalue weighted by Crippen LogP contribution is 2.33. The maximum atomic E-state index is 13.9. The Balaban J connectivity index is 2.43. The molecule has 0 amide bonds. The molecule has 2 rings (SSSR count). The molecule has 0 spiro atoms. The molecule has 0 radical (unpaired) electrons. The van der Waals surface area contributed by atoms with Crippen LogP contribution < -0.4 is 0 Å². The zero-order valence-corrected chi connectivity index (χ0v) is 13.3. The molecular weight excluding hydrogens is 337 g/mol. The SMILES string of the molecule is Fc1cccc(CC(CCl)(CCl)c2ccc(Cl)cc2)c1F. The molecule has 0 atom stereocenters. The average Bonchev–Trinajstić information content (AvgIpc) is 2.50. The number of rotatable bonds is 5. The fraction of sp³-hybridized carbons (Fsp3) is 0.250. The van der Waals surface area contributed by atoms with Gasteiger partial charge in [0.15, 0.2) is 11.6 Å². The molecule has 0 aliphatic rings. The van der Waals surface area contributed by atoms with Crippen LogP contribution in [0.15, 0.2) is 42.5 Å². The van der Waals surface area contributed by atoms with Crippen LogP contribution in [0.4, 0.5) is 8.78 Å². The molecule has 0 fully saturated rings. The second kappa shape index (κ2) is 6.95. The third-order valence-electron chi connectivity index (χ3n) is 3.53. The Morgan fingerprint density at radius 1 is 0.905 bits per heavy atom. The molecular formula is C16H13Cl3F2. The van der Waals surface area contributed by atoms with Gasteiger partial charge in [-0.2, -0.15) is 0 Å². The zero-order chi connectivity index (χ0) is 15.5. The van der Waals surface area contributed by atoms with Crippen LogP contribution in [0.25, 0.3) is 0 Å². The Kier molecular flexibility index (Phi) is 5.48. The van der Waals surface area contributed by atoms with Crippen molar-refractivity contribution in [3.8, 4) is 0 Å². The summed E-state index contributed by atoms with van der Waals surface area (Å²) in [6.07, 6.45) is 0.214. The van der Waals surface area contributed by atoms with E-state index in [1.807, 2.05) is 12.1 Å². The molecule has 0 heterocycles. The quantitative estimate of drug-likeness (QED) is 0.618.